The number of thioether (sulfide) groups is 1. The van der Waals surface area contributed by atoms with Gasteiger partial charge in [-0.1, -0.05) is 39.1 Å². The largest absolute Gasteiger partial charge is 0.280 e. The molecule has 0 aromatic rings. The van der Waals surface area contributed by atoms with E-state index in [9.17, 15) is 0 Å². The Morgan fingerprint density at radius 1 is 1.54 bits per heavy atom. The van der Waals surface area contributed by atoms with Crippen LogP contribution in [0.3, 0.4) is 0 Å². The fourth-order valence-electron chi connectivity index (χ4n) is 1.39. The molecule has 0 aliphatic carbocycles. The first kappa shape index (κ1) is 12.8. The van der Waals surface area contributed by atoms with Crippen LogP contribution in [-0.2, 0) is 0 Å². The maximum absolute atomic E-state index is 4.56. The molecular weight excluding hydrogens is 178 g/mol. The summed E-state index contributed by atoms with van der Waals surface area (Å²) in [6, 6.07) is 0.410. The van der Waals surface area contributed by atoms with E-state index in [1.165, 1.54) is 0 Å². The summed E-state index contributed by atoms with van der Waals surface area (Å²) in [6.07, 6.45) is 1.13. The molecule has 0 saturated carbocycles. The summed E-state index contributed by atoms with van der Waals surface area (Å²) in [4.78, 5) is 4.56. The van der Waals surface area contributed by atoms with Gasteiger partial charge < -0.3 is 0 Å². The van der Waals surface area contributed by atoms with E-state index in [4.69, 9.17) is 0 Å². The van der Waals surface area contributed by atoms with Gasteiger partial charge in [0, 0.05) is 6.04 Å². The van der Waals surface area contributed by atoms with Gasteiger partial charge in [-0.2, -0.15) is 0 Å². The smallest absolute Gasteiger partial charge is 0.0689 e. The summed E-state index contributed by atoms with van der Waals surface area (Å²) < 4.78 is 0. The molecule has 0 aliphatic heterocycles. The first-order valence-electron chi connectivity index (χ1n) is 4.67. The summed E-state index contributed by atoms with van der Waals surface area (Å²) in [7, 11) is 0. The molecule has 0 N–H and O–H groups in total. The van der Waals surface area contributed by atoms with E-state index in [1.54, 1.807) is 11.8 Å². The predicted molar refractivity (Wildman–Crippen MR) is 64.4 cm³/mol. The van der Waals surface area contributed by atoms with Crippen molar-refractivity contribution in [2.75, 3.05) is 0 Å². The first-order chi connectivity index (χ1) is 5.85. The monoisotopic (exact) mass is 199 g/mol. The van der Waals surface area contributed by atoms with E-state index in [1.807, 2.05) is 12.3 Å². The lowest BCUT2D eigenvalue weighted by molar-refractivity contribution is 0.350. The molecule has 0 amide bonds. The van der Waals surface area contributed by atoms with Gasteiger partial charge in [-0.3, -0.25) is 4.99 Å². The Morgan fingerprint density at radius 3 is 2.46 bits per heavy atom. The first-order valence-corrected chi connectivity index (χ1v) is 5.55. The zero-order valence-electron chi connectivity index (χ0n) is 9.42. The van der Waals surface area contributed by atoms with Gasteiger partial charge in [-0.25, -0.2) is 0 Å². The summed E-state index contributed by atoms with van der Waals surface area (Å²) in [5.74, 6) is 0. The lowest BCUT2D eigenvalue weighted by Crippen LogP contribution is -2.13. The van der Waals surface area contributed by atoms with Crippen LogP contribution in [0.4, 0.5) is 0 Å². The molecule has 0 radical (unpaired) electrons. The molecule has 1 unspecified atom stereocenters. The van der Waals surface area contributed by atoms with Crippen molar-refractivity contribution in [3.05, 3.63) is 12.0 Å². The van der Waals surface area contributed by atoms with Gasteiger partial charge in [0.1, 0.15) is 0 Å². The van der Waals surface area contributed by atoms with Gasteiger partial charge in [0.05, 0.1) is 5.04 Å². The molecule has 1 nitrogen and oxygen atoms in total. The molecule has 0 fully saturated rings. The highest BCUT2D eigenvalue weighted by molar-refractivity contribution is 8.16. The van der Waals surface area contributed by atoms with Crippen molar-refractivity contribution in [2.24, 2.45) is 10.4 Å². The second-order valence-electron chi connectivity index (χ2n) is 4.55. The molecule has 76 valence electrons. The van der Waals surface area contributed by atoms with E-state index in [0.717, 1.165) is 11.5 Å². The molecule has 0 spiro atoms. The lowest BCUT2D eigenvalue weighted by Gasteiger charge is -2.20. The van der Waals surface area contributed by atoms with Crippen LogP contribution in [0.2, 0.25) is 0 Å². The Kier molecular flexibility index (Phi) is 5.38. The van der Waals surface area contributed by atoms with Crippen LogP contribution in [0.1, 0.15) is 41.0 Å². The highest BCUT2D eigenvalue weighted by atomic mass is 32.2. The van der Waals surface area contributed by atoms with E-state index in [2.05, 4.69) is 39.3 Å². The number of rotatable bonds is 3. The fraction of sp³-hybridized carbons (Fsp3) is 0.727. The number of hydrogen-bond donors (Lipinski definition) is 0. The van der Waals surface area contributed by atoms with Crippen LogP contribution < -0.4 is 0 Å². The van der Waals surface area contributed by atoms with Gasteiger partial charge in [-0.05, 0) is 31.1 Å². The third-order valence-corrected chi connectivity index (χ3v) is 2.18. The average molecular weight is 199 g/mol. The van der Waals surface area contributed by atoms with E-state index in [-0.39, 0.29) is 0 Å². The molecule has 13 heavy (non-hydrogen) atoms. The topological polar surface area (TPSA) is 12.4 Å². The van der Waals surface area contributed by atoms with E-state index >= 15 is 0 Å². The van der Waals surface area contributed by atoms with Crippen LogP contribution in [0, 0.1) is 5.41 Å². The molecule has 2 heteroatoms. The van der Waals surface area contributed by atoms with Crippen LogP contribution >= 0.6 is 11.8 Å². The van der Waals surface area contributed by atoms with Crippen molar-refractivity contribution in [3.8, 4) is 0 Å². The SMILES string of the molecule is C=CSC(C)=NC(C)CC(C)(C)C. The Hall–Kier alpha value is -0.240. The van der Waals surface area contributed by atoms with Gasteiger partial charge >= 0.3 is 0 Å². The Morgan fingerprint density at radius 2 is 2.08 bits per heavy atom. The molecule has 0 aromatic heterocycles. The summed E-state index contributed by atoms with van der Waals surface area (Å²) in [6.45, 7) is 14.6. The van der Waals surface area contributed by atoms with Gasteiger partial charge in [0.2, 0.25) is 0 Å². The molecular formula is C11H21NS. The number of nitrogens with zero attached hydrogens (tertiary/aromatic N) is 1. The fourth-order valence-corrected chi connectivity index (χ4v) is 1.88. The number of hydrogen-bond acceptors (Lipinski definition) is 2. The van der Waals surface area contributed by atoms with Crippen LogP contribution in [0.25, 0.3) is 0 Å². The van der Waals surface area contributed by atoms with Gasteiger partial charge in [0.25, 0.3) is 0 Å². The zero-order valence-corrected chi connectivity index (χ0v) is 10.2. The number of aliphatic imine (C=N–C) groups is 1. The molecule has 0 bridgehead atoms. The standard InChI is InChI=1S/C11H21NS/c1-7-13-10(3)12-9(2)8-11(4,5)6/h7,9H,1,8H2,2-6H3. The van der Waals surface area contributed by atoms with Crippen LogP contribution in [0.15, 0.2) is 17.0 Å². The van der Waals surface area contributed by atoms with Gasteiger partial charge in [-0.15, -0.1) is 0 Å². The molecule has 0 heterocycles. The highest BCUT2D eigenvalue weighted by Gasteiger charge is 2.14. The second-order valence-corrected chi connectivity index (χ2v) is 5.71. The van der Waals surface area contributed by atoms with Gasteiger partial charge in [0.15, 0.2) is 0 Å². The third kappa shape index (κ3) is 8.10. The van der Waals surface area contributed by atoms with Crippen LogP contribution in [0.5, 0.6) is 0 Å². The normalized spacial score (nSPS) is 15.6. The zero-order chi connectivity index (χ0) is 10.5. The maximum Gasteiger partial charge on any atom is 0.0689 e. The average Bonchev–Trinajstić information content (AvgIpc) is 1.81. The molecule has 0 rings (SSSR count). The maximum atomic E-state index is 4.56. The van der Waals surface area contributed by atoms with E-state index < -0.39 is 0 Å². The molecule has 1 atom stereocenters. The predicted octanol–water partition coefficient (Wildman–Crippen LogP) is 4.11. The molecule has 0 saturated heterocycles. The van der Waals surface area contributed by atoms with Crippen molar-refractivity contribution >= 4 is 16.8 Å². The van der Waals surface area contributed by atoms with Crippen molar-refractivity contribution in [3.63, 3.8) is 0 Å². The van der Waals surface area contributed by atoms with E-state index in [0.29, 0.717) is 11.5 Å². The Bertz CT molecular complexity index is 189. The van der Waals surface area contributed by atoms with Crippen molar-refractivity contribution in [1.29, 1.82) is 0 Å². The minimum Gasteiger partial charge on any atom is -0.280 e. The summed E-state index contributed by atoms with van der Waals surface area (Å²) in [5, 5.41) is 2.93. The van der Waals surface area contributed by atoms with Crippen molar-refractivity contribution in [1.82, 2.24) is 0 Å². The molecule has 0 aromatic carbocycles. The quantitative estimate of drug-likeness (QED) is 0.492. The highest BCUT2D eigenvalue weighted by Crippen LogP contribution is 2.22. The Labute approximate surface area is 86.7 Å². The molecule has 0 aliphatic rings. The second kappa shape index (κ2) is 5.48. The summed E-state index contributed by atoms with van der Waals surface area (Å²) >= 11 is 1.60. The third-order valence-electron chi connectivity index (χ3n) is 1.56. The van der Waals surface area contributed by atoms with Crippen molar-refractivity contribution < 1.29 is 0 Å². The van der Waals surface area contributed by atoms with Crippen molar-refractivity contribution in [2.45, 2.75) is 47.1 Å². The lowest BCUT2D eigenvalue weighted by atomic mass is 9.89. The summed E-state index contributed by atoms with van der Waals surface area (Å²) in [5.41, 5.74) is 0.363. The van der Waals surface area contributed by atoms with Crippen LogP contribution in [-0.4, -0.2) is 11.1 Å². The minimum atomic E-state index is 0.363. The Balaban J connectivity index is 4.05. The minimum absolute atomic E-state index is 0.363.